The lowest BCUT2D eigenvalue weighted by Crippen LogP contribution is -2.27. The van der Waals surface area contributed by atoms with Crippen molar-refractivity contribution >= 4 is 28.6 Å². The monoisotopic (exact) mass is 464 g/mol. The average Bonchev–Trinajstić information content (AvgIpc) is 3.39. The number of hydrogen-bond donors (Lipinski definition) is 2. The van der Waals surface area contributed by atoms with Gasteiger partial charge in [0.05, 0.1) is 17.0 Å². The fourth-order valence-electron chi connectivity index (χ4n) is 3.12. The standard InChI is InChI=1S/C20H16F4N6OS/c21-14-4-5-17-16(9-14)12(10-26-17)6-7-25-18(31)11-32-19-27-28-29-30(19)15-3-1-2-13(8-15)20(22,23)24/h1-5,8-10,26H,6-7,11H2,(H,25,31). The van der Waals surface area contributed by atoms with Gasteiger partial charge in [-0.2, -0.15) is 17.9 Å². The first-order valence-corrected chi connectivity index (χ1v) is 10.4. The fourth-order valence-corrected chi connectivity index (χ4v) is 3.84. The normalized spacial score (nSPS) is 11.8. The zero-order valence-electron chi connectivity index (χ0n) is 16.4. The lowest BCUT2D eigenvalue weighted by molar-refractivity contribution is -0.137. The molecule has 0 aliphatic carbocycles. The third-order valence-corrected chi connectivity index (χ3v) is 5.56. The van der Waals surface area contributed by atoms with Crippen molar-refractivity contribution in [1.29, 1.82) is 0 Å². The number of aromatic nitrogens is 5. The predicted octanol–water partition coefficient (Wildman–Crippen LogP) is 3.75. The van der Waals surface area contributed by atoms with Crippen LogP contribution in [0.4, 0.5) is 17.6 Å². The number of thioether (sulfide) groups is 1. The molecule has 2 aromatic carbocycles. The second kappa shape index (κ2) is 8.99. The van der Waals surface area contributed by atoms with E-state index in [1.165, 1.54) is 24.3 Å². The molecule has 4 rings (SSSR count). The smallest absolute Gasteiger partial charge is 0.361 e. The molecule has 4 aromatic rings. The molecule has 0 saturated heterocycles. The predicted molar refractivity (Wildman–Crippen MR) is 110 cm³/mol. The van der Waals surface area contributed by atoms with E-state index in [-0.39, 0.29) is 28.3 Å². The van der Waals surface area contributed by atoms with E-state index in [1.54, 1.807) is 12.3 Å². The number of nitrogens with zero attached hydrogens (tertiary/aromatic N) is 4. The van der Waals surface area contributed by atoms with Crippen LogP contribution in [0.1, 0.15) is 11.1 Å². The Bertz CT molecular complexity index is 1250. The van der Waals surface area contributed by atoms with Crippen molar-refractivity contribution in [2.45, 2.75) is 17.8 Å². The number of halogens is 4. The second-order valence-electron chi connectivity index (χ2n) is 6.81. The Morgan fingerprint density at radius 1 is 1.19 bits per heavy atom. The molecule has 12 heteroatoms. The highest BCUT2D eigenvalue weighted by Gasteiger charge is 2.30. The number of H-pyrrole nitrogens is 1. The van der Waals surface area contributed by atoms with E-state index >= 15 is 0 Å². The SMILES string of the molecule is O=C(CSc1nnnn1-c1cccc(C(F)(F)F)c1)NCCc1c[nH]c2ccc(F)cc12. The number of aromatic amines is 1. The Morgan fingerprint density at radius 2 is 2.03 bits per heavy atom. The number of tetrazole rings is 1. The molecule has 32 heavy (non-hydrogen) atoms. The van der Waals surface area contributed by atoms with Crippen LogP contribution in [0, 0.1) is 5.82 Å². The van der Waals surface area contributed by atoms with Gasteiger partial charge in [0, 0.05) is 23.6 Å². The summed E-state index contributed by atoms with van der Waals surface area (Å²) in [4.78, 5) is 15.2. The molecule has 0 bridgehead atoms. The summed E-state index contributed by atoms with van der Waals surface area (Å²) in [6, 6.07) is 9.05. The van der Waals surface area contributed by atoms with E-state index in [9.17, 15) is 22.4 Å². The highest BCUT2D eigenvalue weighted by atomic mass is 32.2. The number of fused-ring (bicyclic) bond motifs is 1. The van der Waals surface area contributed by atoms with Crippen LogP contribution in [0.5, 0.6) is 0 Å². The van der Waals surface area contributed by atoms with E-state index in [2.05, 4.69) is 25.8 Å². The van der Waals surface area contributed by atoms with Crippen LogP contribution in [0.25, 0.3) is 16.6 Å². The number of hydrogen-bond acceptors (Lipinski definition) is 5. The third-order valence-electron chi connectivity index (χ3n) is 4.64. The van der Waals surface area contributed by atoms with Crippen molar-refractivity contribution in [2.24, 2.45) is 0 Å². The number of nitrogens with one attached hydrogen (secondary N) is 2. The van der Waals surface area contributed by atoms with Gasteiger partial charge >= 0.3 is 6.18 Å². The number of carbonyl (C=O) groups excluding carboxylic acids is 1. The lowest BCUT2D eigenvalue weighted by atomic mass is 10.1. The molecule has 1 amide bonds. The van der Waals surface area contributed by atoms with Crippen LogP contribution >= 0.6 is 11.8 Å². The average molecular weight is 464 g/mol. The summed E-state index contributed by atoms with van der Waals surface area (Å²) < 4.78 is 53.5. The molecule has 2 aromatic heterocycles. The van der Waals surface area contributed by atoms with E-state index in [0.29, 0.717) is 13.0 Å². The Hall–Kier alpha value is -3.41. The zero-order chi connectivity index (χ0) is 22.7. The number of benzene rings is 2. The summed E-state index contributed by atoms with van der Waals surface area (Å²) in [7, 11) is 0. The Balaban J connectivity index is 1.33. The third kappa shape index (κ3) is 4.90. The van der Waals surface area contributed by atoms with Crippen LogP contribution in [-0.4, -0.2) is 43.4 Å². The zero-order valence-corrected chi connectivity index (χ0v) is 17.2. The van der Waals surface area contributed by atoms with Crippen LogP contribution in [0.3, 0.4) is 0 Å². The molecule has 0 spiro atoms. The van der Waals surface area contributed by atoms with Gasteiger partial charge in [-0.15, -0.1) is 5.10 Å². The minimum Gasteiger partial charge on any atom is -0.361 e. The molecule has 0 atom stereocenters. The topological polar surface area (TPSA) is 88.5 Å². The van der Waals surface area contributed by atoms with Crippen LogP contribution in [0.15, 0.2) is 53.8 Å². The fraction of sp³-hybridized carbons (Fsp3) is 0.200. The number of rotatable bonds is 7. The van der Waals surface area contributed by atoms with E-state index < -0.39 is 11.7 Å². The molecule has 0 radical (unpaired) electrons. The van der Waals surface area contributed by atoms with Gasteiger partial charge in [-0.3, -0.25) is 4.79 Å². The van der Waals surface area contributed by atoms with Crippen molar-refractivity contribution in [3.63, 3.8) is 0 Å². The molecule has 0 unspecified atom stereocenters. The Labute approximate surface area is 183 Å². The molecule has 2 N–H and O–H groups in total. The highest BCUT2D eigenvalue weighted by Crippen LogP contribution is 2.30. The summed E-state index contributed by atoms with van der Waals surface area (Å²) >= 11 is 1.00. The maximum atomic E-state index is 13.5. The van der Waals surface area contributed by atoms with Gasteiger partial charge in [0.2, 0.25) is 11.1 Å². The Kier molecular flexibility index (Phi) is 6.12. The highest BCUT2D eigenvalue weighted by molar-refractivity contribution is 7.99. The lowest BCUT2D eigenvalue weighted by Gasteiger charge is -2.09. The first-order chi connectivity index (χ1) is 15.3. The summed E-state index contributed by atoms with van der Waals surface area (Å²) in [6.45, 7) is 0.335. The van der Waals surface area contributed by atoms with Gasteiger partial charge in [-0.05, 0) is 58.8 Å². The molecular formula is C20H16F4N6OS. The molecule has 0 aliphatic rings. The molecule has 0 aliphatic heterocycles. The summed E-state index contributed by atoms with van der Waals surface area (Å²) in [5.74, 6) is -0.654. The summed E-state index contributed by atoms with van der Waals surface area (Å²) in [5.41, 5.74) is 1.00. The largest absolute Gasteiger partial charge is 0.416 e. The van der Waals surface area contributed by atoms with Gasteiger partial charge in [0.1, 0.15) is 5.82 Å². The van der Waals surface area contributed by atoms with Gasteiger partial charge in [-0.25, -0.2) is 4.39 Å². The van der Waals surface area contributed by atoms with Gasteiger partial charge < -0.3 is 10.3 Å². The van der Waals surface area contributed by atoms with Crippen LogP contribution < -0.4 is 5.32 Å². The van der Waals surface area contributed by atoms with E-state index in [1.807, 2.05) is 0 Å². The first-order valence-electron chi connectivity index (χ1n) is 9.42. The van der Waals surface area contributed by atoms with Crippen LogP contribution in [-0.2, 0) is 17.4 Å². The van der Waals surface area contributed by atoms with Crippen molar-refractivity contribution in [3.8, 4) is 5.69 Å². The number of carbonyl (C=O) groups is 1. The molecule has 7 nitrogen and oxygen atoms in total. The van der Waals surface area contributed by atoms with Crippen molar-refractivity contribution < 1.29 is 22.4 Å². The molecule has 0 saturated carbocycles. The molecule has 166 valence electrons. The quantitative estimate of drug-likeness (QED) is 0.321. The van der Waals surface area contributed by atoms with Gasteiger partial charge in [0.25, 0.3) is 0 Å². The van der Waals surface area contributed by atoms with Gasteiger partial charge in [0.15, 0.2) is 0 Å². The molecular weight excluding hydrogens is 448 g/mol. The summed E-state index contributed by atoms with van der Waals surface area (Å²) in [6.07, 6.45) is -2.22. The first kappa shape index (κ1) is 21.8. The number of amides is 1. The number of alkyl halides is 3. The van der Waals surface area contributed by atoms with Crippen LogP contribution in [0.2, 0.25) is 0 Å². The maximum Gasteiger partial charge on any atom is 0.416 e. The molecule has 0 fully saturated rings. The minimum atomic E-state index is -4.49. The summed E-state index contributed by atoms with van der Waals surface area (Å²) in [5, 5.41) is 14.7. The van der Waals surface area contributed by atoms with Crippen molar-refractivity contribution in [2.75, 3.05) is 12.3 Å². The second-order valence-corrected chi connectivity index (χ2v) is 7.76. The van der Waals surface area contributed by atoms with Gasteiger partial charge in [-0.1, -0.05) is 17.8 Å². The van der Waals surface area contributed by atoms with E-state index in [4.69, 9.17) is 0 Å². The van der Waals surface area contributed by atoms with Crippen molar-refractivity contribution in [3.05, 3.63) is 65.6 Å². The van der Waals surface area contributed by atoms with Crippen molar-refractivity contribution in [1.82, 2.24) is 30.5 Å². The Morgan fingerprint density at radius 3 is 2.84 bits per heavy atom. The van der Waals surface area contributed by atoms with E-state index in [0.717, 1.165) is 45.0 Å². The molecule has 2 heterocycles. The maximum absolute atomic E-state index is 13.5. The minimum absolute atomic E-state index is 0.0259.